The molecule has 0 unspecified atom stereocenters. The average molecular weight is 558 g/mol. The van der Waals surface area contributed by atoms with Crippen molar-refractivity contribution in [1.82, 2.24) is 15.0 Å². The van der Waals surface area contributed by atoms with Crippen LogP contribution in [0.1, 0.15) is 23.0 Å². The van der Waals surface area contributed by atoms with Gasteiger partial charge in [0.15, 0.2) is 17.5 Å². The summed E-state index contributed by atoms with van der Waals surface area (Å²) in [5.74, 6) is 0.903. The van der Waals surface area contributed by atoms with E-state index in [2.05, 4.69) is 19.9 Å². The van der Waals surface area contributed by atoms with Crippen molar-refractivity contribution in [3.8, 4) is 0 Å². The topological polar surface area (TPSA) is 41.9 Å². The molecule has 12 heteroatoms. The Hall–Kier alpha value is 0.0900. The number of anilines is 1. The lowest BCUT2D eigenvalue weighted by molar-refractivity contribution is 0.835. The third kappa shape index (κ3) is 7.93. The molecule has 0 spiro atoms. The first-order chi connectivity index (χ1) is 13.5. The maximum atomic E-state index is 5.87. The van der Waals surface area contributed by atoms with Crippen LogP contribution in [-0.2, 0) is 7.59 Å². The molecule has 0 atom stereocenters. The number of hydrogen-bond acceptors (Lipinski definition) is 4. The SMILES string of the molecule is ClCCN(CCCl)c1ccc(/C=C/c2nc(C(Cl)(Cl)Cl)nc(C(Cl)(Cl)Cl)n2)cc1. The summed E-state index contributed by atoms with van der Waals surface area (Å²) in [6.45, 7) is 1.40. The van der Waals surface area contributed by atoms with Crippen LogP contribution in [-0.4, -0.2) is 39.8 Å². The Morgan fingerprint density at radius 2 is 1.21 bits per heavy atom. The van der Waals surface area contributed by atoms with Gasteiger partial charge < -0.3 is 4.90 Å². The van der Waals surface area contributed by atoms with Crippen molar-refractivity contribution >= 4 is 111 Å². The third-order valence-corrected chi connectivity index (χ3v) is 4.90. The van der Waals surface area contributed by atoms with Crippen molar-refractivity contribution in [2.45, 2.75) is 7.59 Å². The van der Waals surface area contributed by atoms with Crippen molar-refractivity contribution in [3.05, 3.63) is 47.3 Å². The highest BCUT2D eigenvalue weighted by molar-refractivity contribution is 6.67. The Balaban J connectivity index is 2.29. The Labute approximate surface area is 209 Å². The maximum Gasteiger partial charge on any atom is 0.250 e. The van der Waals surface area contributed by atoms with Gasteiger partial charge in [-0.05, 0) is 23.8 Å². The van der Waals surface area contributed by atoms with Crippen LogP contribution in [0.15, 0.2) is 24.3 Å². The molecule has 158 valence electrons. The van der Waals surface area contributed by atoms with Gasteiger partial charge in [-0.2, -0.15) is 0 Å². The summed E-state index contributed by atoms with van der Waals surface area (Å²) in [6.07, 6.45) is 3.38. The lowest BCUT2D eigenvalue weighted by atomic mass is 10.2. The molecule has 2 rings (SSSR count). The highest BCUT2D eigenvalue weighted by Crippen LogP contribution is 2.40. The number of nitrogens with zero attached hydrogens (tertiary/aromatic N) is 4. The van der Waals surface area contributed by atoms with E-state index in [0.717, 1.165) is 11.3 Å². The van der Waals surface area contributed by atoms with E-state index in [4.69, 9.17) is 92.8 Å². The Bertz CT molecular complexity index is 793. The third-order valence-electron chi connectivity index (χ3n) is 3.55. The molecule has 0 bridgehead atoms. The maximum absolute atomic E-state index is 5.87. The number of aromatic nitrogens is 3. The van der Waals surface area contributed by atoms with Gasteiger partial charge in [-0.25, -0.2) is 15.0 Å². The Kier molecular flexibility index (Phi) is 9.71. The van der Waals surface area contributed by atoms with E-state index in [-0.39, 0.29) is 17.5 Å². The fraction of sp³-hybridized carbons (Fsp3) is 0.353. The van der Waals surface area contributed by atoms with Gasteiger partial charge in [-0.15, -0.1) is 23.2 Å². The van der Waals surface area contributed by atoms with Crippen molar-refractivity contribution in [2.24, 2.45) is 0 Å². The molecular weight excluding hydrogens is 544 g/mol. The molecule has 0 aliphatic heterocycles. The van der Waals surface area contributed by atoms with E-state index in [1.54, 1.807) is 12.2 Å². The van der Waals surface area contributed by atoms with Gasteiger partial charge in [-0.1, -0.05) is 87.8 Å². The Morgan fingerprint density at radius 1 is 0.724 bits per heavy atom. The standard InChI is InChI=1S/C17H14Cl8N4/c18-7-9-29(10-8-19)12-4-1-11(2-5-12)3-6-13-26-14(16(20,21)22)28-15(27-13)17(23,24)25/h1-6H,7-10H2/b6-3+. The zero-order chi connectivity index (χ0) is 21.7. The van der Waals surface area contributed by atoms with Crippen LogP contribution >= 0.6 is 92.8 Å². The summed E-state index contributed by atoms with van der Waals surface area (Å²) in [6, 6.07) is 7.78. The smallest absolute Gasteiger partial charge is 0.250 e. The second kappa shape index (κ2) is 11.1. The van der Waals surface area contributed by atoms with E-state index in [1.165, 1.54) is 0 Å². The summed E-state index contributed by atoms with van der Waals surface area (Å²) in [4.78, 5) is 14.2. The first-order valence-corrected chi connectivity index (χ1v) is 11.4. The van der Waals surface area contributed by atoms with Crippen LogP contribution < -0.4 is 4.90 Å². The van der Waals surface area contributed by atoms with Crippen molar-refractivity contribution in [3.63, 3.8) is 0 Å². The molecule has 0 aliphatic rings. The van der Waals surface area contributed by atoms with Crippen LogP contribution in [0, 0.1) is 0 Å². The predicted molar refractivity (Wildman–Crippen MR) is 127 cm³/mol. The zero-order valence-electron chi connectivity index (χ0n) is 14.6. The quantitative estimate of drug-likeness (QED) is 0.345. The van der Waals surface area contributed by atoms with Crippen molar-refractivity contribution < 1.29 is 0 Å². The molecule has 0 saturated carbocycles. The van der Waals surface area contributed by atoms with E-state index >= 15 is 0 Å². The van der Waals surface area contributed by atoms with Gasteiger partial charge in [0, 0.05) is 30.5 Å². The molecule has 0 radical (unpaired) electrons. The summed E-state index contributed by atoms with van der Waals surface area (Å²) in [7, 11) is 0. The van der Waals surface area contributed by atoms with Gasteiger partial charge in [-0.3, -0.25) is 0 Å². The lowest BCUT2D eigenvalue weighted by Crippen LogP contribution is -2.27. The van der Waals surface area contributed by atoms with Crippen LogP contribution in [0.25, 0.3) is 12.2 Å². The fourth-order valence-electron chi connectivity index (χ4n) is 2.26. The molecular formula is C17H14Cl8N4. The molecule has 4 nitrogen and oxygen atoms in total. The summed E-state index contributed by atoms with van der Waals surface area (Å²) >= 11 is 46.9. The molecule has 2 aromatic rings. The molecule has 0 amide bonds. The van der Waals surface area contributed by atoms with Gasteiger partial charge >= 0.3 is 0 Å². The molecule has 0 aliphatic carbocycles. The van der Waals surface area contributed by atoms with Gasteiger partial charge in [0.1, 0.15) is 0 Å². The van der Waals surface area contributed by atoms with Gasteiger partial charge in [0.25, 0.3) is 0 Å². The minimum Gasteiger partial charge on any atom is -0.369 e. The molecule has 0 fully saturated rings. The van der Waals surface area contributed by atoms with Crippen LogP contribution in [0.4, 0.5) is 5.69 Å². The highest BCUT2D eigenvalue weighted by Gasteiger charge is 2.33. The first kappa shape index (κ1) is 25.4. The number of hydrogen-bond donors (Lipinski definition) is 0. The molecule has 29 heavy (non-hydrogen) atoms. The number of rotatable bonds is 7. The Morgan fingerprint density at radius 3 is 1.62 bits per heavy atom. The first-order valence-electron chi connectivity index (χ1n) is 8.10. The number of alkyl halides is 8. The molecule has 1 aromatic heterocycles. The fourth-order valence-corrected chi connectivity index (χ4v) is 3.18. The van der Waals surface area contributed by atoms with Crippen LogP contribution in [0.2, 0.25) is 0 Å². The second-order valence-electron chi connectivity index (χ2n) is 5.63. The van der Waals surface area contributed by atoms with Gasteiger partial charge in [0.05, 0.1) is 0 Å². The average Bonchev–Trinajstić information content (AvgIpc) is 2.65. The highest BCUT2D eigenvalue weighted by atomic mass is 35.6. The lowest BCUT2D eigenvalue weighted by Gasteiger charge is -2.22. The zero-order valence-corrected chi connectivity index (χ0v) is 20.7. The second-order valence-corrected chi connectivity index (χ2v) is 10.9. The van der Waals surface area contributed by atoms with Crippen molar-refractivity contribution in [1.29, 1.82) is 0 Å². The monoisotopic (exact) mass is 554 g/mol. The number of halogens is 8. The van der Waals surface area contributed by atoms with E-state index in [9.17, 15) is 0 Å². The molecule has 1 aromatic carbocycles. The van der Waals surface area contributed by atoms with Gasteiger partial charge in [0.2, 0.25) is 7.59 Å². The number of benzene rings is 1. The van der Waals surface area contributed by atoms with Crippen LogP contribution in [0.3, 0.4) is 0 Å². The van der Waals surface area contributed by atoms with E-state index < -0.39 is 7.59 Å². The normalized spacial score (nSPS) is 12.6. The minimum atomic E-state index is -1.90. The van der Waals surface area contributed by atoms with E-state index in [1.807, 2.05) is 24.3 Å². The summed E-state index contributed by atoms with van der Waals surface area (Å²) in [5, 5.41) is 0. The minimum absolute atomic E-state index is 0.147. The predicted octanol–water partition coefficient (Wildman–Crippen LogP) is 6.98. The molecule has 1 heterocycles. The largest absolute Gasteiger partial charge is 0.369 e. The molecule has 0 N–H and O–H groups in total. The summed E-state index contributed by atoms with van der Waals surface area (Å²) in [5.41, 5.74) is 1.90. The summed E-state index contributed by atoms with van der Waals surface area (Å²) < 4.78 is -3.79. The van der Waals surface area contributed by atoms with Crippen LogP contribution in [0.5, 0.6) is 0 Å². The van der Waals surface area contributed by atoms with E-state index in [0.29, 0.717) is 24.8 Å². The molecule has 0 saturated heterocycles. The van der Waals surface area contributed by atoms with Crippen molar-refractivity contribution in [2.75, 3.05) is 29.7 Å².